The lowest BCUT2D eigenvalue weighted by Crippen LogP contribution is -2.22. The summed E-state index contributed by atoms with van der Waals surface area (Å²) < 4.78 is 27.2. The first kappa shape index (κ1) is 10.7. The topological polar surface area (TPSA) is 101 Å². The molecule has 84 valence electrons. The molecule has 6 nitrogen and oxygen atoms in total. The summed E-state index contributed by atoms with van der Waals surface area (Å²) in [6.45, 7) is 0. The van der Waals surface area contributed by atoms with Gasteiger partial charge >= 0.3 is 0 Å². The molecule has 1 aromatic carbocycles. The fraction of sp³-hybridized carbons (Fsp3) is 0. The number of hydrogen-bond acceptors (Lipinski definition) is 2. The van der Waals surface area contributed by atoms with Gasteiger partial charge in [0, 0.05) is 11.1 Å². The Bertz CT molecular complexity index is 564. The molecule has 0 bridgehead atoms. The van der Waals surface area contributed by atoms with Gasteiger partial charge < -0.3 is 15.5 Å². The van der Waals surface area contributed by atoms with Crippen molar-refractivity contribution in [1.82, 2.24) is 0 Å². The van der Waals surface area contributed by atoms with E-state index in [4.69, 9.17) is 14.7 Å². The van der Waals surface area contributed by atoms with Gasteiger partial charge in [0.15, 0.2) is 0 Å². The van der Waals surface area contributed by atoms with E-state index in [1.165, 1.54) is 0 Å². The highest BCUT2D eigenvalue weighted by molar-refractivity contribution is 7.78. The maximum absolute atomic E-state index is 10.4. The van der Waals surface area contributed by atoms with E-state index >= 15 is 0 Å². The van der Waals surface area contributed by atoms with Gasteiger partial charge in [0.1, 0.15) is 5.58 Å². The summed E-state index contributed by atoms with van der Waals surface area (Å²) in [5.41, 5.74) is 6.81. The van der Waals surface area contributed by atoms with Crippen LogP contribution in [0.25, 0.3) is 11.0 Å². The lowest BCUT2D eigenvalue weighted by Gasteiger charge is -2.03. The summed E-state index contributed by atoms with van der Waals surface area (Å²) in [7, 11) is 0. The van der Waals surface area contributed by atoms with Crippen LogP contribution in [0.1, 0.15) is 0 Å². The summed E-state index contributed by atoms with van der Waals surface area (Å²) in [6, 6.07) is 7.09. The molecule has 1 atom stereocenters. The Hall–Kier alpha value is -1.86. The van der Waals surface area contributed by atoms with Crippen LogP contribution in [-0.4, -0.2) is 14.7 Å². The van der Waals surface area contributed by atoms with Crippen molar-refractivity contribution in [2.75, 3.05) is 5.32 Å². The minimum absolute atomic E-state index is 0.122. The number of furan rings is 1. The number of anilines is 1. The van der Waals surface area contributed by atoms with E-state index in [1.54, 1.807) is 30.5 Å². The van der Waals surface area contributed by atoms with Gasteiger partial charge in [-0.25, -0.2) is 4.21 Å². The number of nitrogens with two attached hydrogens (primary N) is 1. The number of nitrogens with one attached hydrogen (secondary N) is 1. The van der Waals surface area contributed by atoms with Crippen molar-refractivity contribution in [1.29, 1.82) is 0 Å². The molecular formula is C9H9N3O3S. The van der Waals surface area contributed by atoms with Crippen LogP contribution < -0.4 is 11.1 Å². The zero-order valence-electron chi connectivity index (χ0n) is 8.08. The van der Waals surface area contributed by atoms with Gasteiger partial charge in [0.25, 0.3) is 11.3 Å². The molecule has 2 aromatic rings. The number of hydrogen-bond donors (Lipinski definition) is 3. The summed E-state index contributed by atoms with van der Waals surface area (Å²) in [5.74, 6) is -0.122. The van der Waals surface area contributed by atoms with Crippen molar-refractivity contribution in [3.8, 4) is 0 Å². The van der Waals surface area contributed by atoms with Crippen LogP contribution in [0.2, 0.25) is 0 Å². The summed E-state index contributed by atoms with van der Waals surface area (Å²) in [4.78, 5) is 0. The molecule has 0 spiro atoms. The third-order valence-corrected chi connectivity index (χ3v) is 2.25. The van der Waals surface area contributed by atoms with Gasteiger partial charge in [-0.15, -0.1) is 4.40 Å². The molecular weight excluding hydrogens is 230 g/mol. The Morgan fingerprint density at radius 3 is 3.06 bits per heavy atom. The number of benzene rings is 1. The van der Waals surface area contributed by atoms with Crippen LogP contribution in [0.15, 0.2) is 39.3 Å². The highest BCUT2D eigenvalue weighted by Crippen LogP contribution is 2.19. The standard InChI is InChI=1S/C9H9N3O3S/c10-9(12-16(13)14)11-7-1-2-8-6(5-7)3-4-15-8/h1-5H,(H,13,14)(H3,10,11,12). The Morgan fingerprint density at radius 2 is 2.31 bits per heavy atom. The van der Waals surface area contributed by atoms with Gasteiger partial charge in [-0.1, -0.05) is 0 Å². The van der Waals surface area contributed by atoms with Crippen molar-refractivity contribution >= 4 is 33.9 Å². The normalized spacial score (nSPS) is 13.9. The SMILES string of the molecule is NC(=NS(=O)O)Nc1ccc2occc2c1. The van der Waals surface area contributed by atoms with Gasteiger partial charge in [-0.05, 0) is 24.3 Å². The molecule has 7 heteroatoms. The number of nitrogens with zero attached hydrogens (tertiary/aromatic N) is 1. The fourth-order valence-corrected chi connectivity index (χ4v) is 1.51. The minimum atomic E-state index is -2.31. The van der Waals surface area contributed by atoms with Crippen LogP contribution in [0, 0.1) is 0 Å². The lowest BCUT2D eigenvalue weighted by atomic mass is 10.2. The van der Waals surface area contributed by atoms with E-state index in [2.05, 4.69) is 9.71 Å². The maximum atomic E-state index is 10.4. The van der Waals surface area contributed by atoms with E-state index in [0.29, 0.717) is 5.69 Å². The van der Waals surface area contributed by atoms with Crippen molar-refractivity contribution < 1.29 is 13.2 Å². The van der Waals surface area contributed by atoms with Crippen LogP contribution >= 0.6 is 0 Å². The van der Waals surface area contributed by atoms with Crippen LogP contribution in [-0.2, 0) is 11.3 Å². The molecule has 4 N–H and O–H groups in total. The monoisotopic (exact) mass is 239 g/mol. The Kier molecular flexibility index (Phi) is 2.88. The third-order valence-electron chi connectivity index (χ3n) is 1.90. The first-order valence-corrected chi connectivity index (χ1v) is 5.41. The predicted octanol–water partition coefficient (Wildman–Crippen LogP) is 1.30. The fourth-order valence-electron chi connectivity index (χ4n) is 1.30. The van der Waals surface area contributed by atoms with Gasteiger partial charge in [0.2, 0.25) is 5.96 Å². The second-order valence-corrected chi connectivity index (χ2v) is 3.65. The Morgan fingerprint density at radius 1 is 1.50 bits per heavy atom. The van der Waals surface area contributed by atoms with Crippen LogP contribution in [0.5, 0.6) is 0 Å². The summed E-state index contributed by atoms with van der Waals surface area (Å²) in [6.07, 6.45) is 1.58. The molecule has 2 rings (SSSR count). The first-order chi connectivity index (χ1) is 7.65. The molecule has 1 unspecified atom stereocenters. The molecule has 0 aliphatic heterocycles. The van der Waals surface area contributed by atoms with Crippen molar-refractivity contribution in [2.24, 2.45) is 10.1 Å². The highest BCUT2D eigenvalue weighted by atomic mass is 32.2. The second-order valence-electron chi connectivity index (χ2n) is 3.01. The Balaban J connectivity index is 2.24. The van der Waals surface area contributed by atoms with E-state index in [1.807, 2.05) is 0 Å². The van der Waals surface area contributed by atoms with E-state index in [-0.39, 0.29) is 5.96 Å². The molecule has 0 saturated heterocycles. The average molecular weight is 239 g/mol. The smallest absolute Gasteiger partial charge is 0.285 e. The van der Waals surface area contributed by atoms with Gasteiger partial charge in [0.05, 0.1) is 6.26 Å². The van der Waals surface area contributed by atoms with Crippen molar-refractivity contribution in [3.05, 3.63) is 30.5 Å². The molecule has 0 aliphatic carbocycles. The van der Waals surface area contributed by atoms with Crippen molar-refractivity contribution in [3.63, 3.8) is 0 Å². The quantitative estimate of drug-likeness (QED) is 0.416. The van der Waals surface area contributed by atoms with Gasteiger partial charge in [-0.2, -0.15) is 0 Å². The van der Waals surface area contributed by atoms with E-state index in [0.717, 1.165) is 11.0 Å². The zero-order chi connectivity index (χ0) is 11.5. The highest BCUT2D eigenvalue weighted by Gasteiger charge is 2.00. The molecule has 0 fully saturated rings. The van der Waals surface area contributed by atoms with Crippen LogP contribution in [0.3, 0.4) is 0 Å². The summed E-state index contributed by atoms with van der Waals surface area (Å²) in [5, 5.41) is 3.59. The summed E-state index contributed by atoms with van der Waals surface area (Å²) >= 11 is -2.31. The number of rotatable bonds is 2. The van der Waals surface area contributed by atoms with Gasteiger partial charge in [-0.3, -0.25) is 4.55 Å². The second kappa shape index (κ2) is 4.33. The molecule has 0 amide bonds. The molecule has 0 aliphatic rings. The largest absolute Gasteiger partial charge is 0.464 e. The lowest BCUT2D eigenvalue weighted by molar-refractivity contribution is 0.566. The van der Waals surface area contributed by atoms with E-state index < -0.39 is 11.3 Å². The number of fused-ring (bicyclic) bond motifs is 1. The predicted molar refractivity (Wildman–Crippen MR) is 62.2 cm³/mol. The molecule has 0 radical (unpaired) electrons. The average Bonchev–Trinajstić information content (AvgIpc) is 2.63. The third kappa shape index (κ3) is 2.38. The molecule has 1 aromatic heterocycles. The zero-order valence-corrected chi connectivity index (χ0v) is 8.90. The maximum Gasteiger partial charge on any atom is 0.285 e. The minimum Gasteiger partial charge on any atom is -0.464 e. The first-order valence-electron chi connectivity index (χ1n) is 4.34. The van der Waals surface area contributed by atoms with Crippen molar-refractivity contribution in [2.45, 2.75) is 0 Å². The number of guanidine groups is 1. The molecule has 1 heterocycles. The molecule has 16 heavy (non-hydrogen) atoms. The van der Waals surface area contributed by atoms with Crippen LogP contribution in [0.4, 0.5) is 5.69 Å². The van der Waals surface area contributed by atoms with E-state index in [9.17, 15) is 4.21 Å². The molecule has 0 saturated carbocycles. The Labute approximate surface area is 93.6 Å².